The fourth-order valence-electron chi connectivity index (χ4n) is 3.35. The number of nitrogens with zero attached hydrogens (tertiary/aromatic N) is 3. The molecule has 170 valence electrons. The number of carbonyl (C=O) groups is 2. The van der Waals surface area contributed by atoms with Crippen LogP contribution in [0.5, 0.6) is 0 Å². The zero-order valence-corrected chi connectivity index (χ0v) is 17.7. The molecule has 10 heteroatoms. The summed E-state index contributed by atoms with van der Waals surface area (Å²) in [6.45, 7) is 0.162. The third-order valence-electron chi connectivity index (χ3n) is 4.99. The van der Waals surface area contributed by atoms with E-state index in [-0.39, 0.29) is 24.6 Å². The number of carbonyl (C=O) groups excluding carboxylic acids is 2. The molecule has 4 rings (SSSR count). The van der Waals surface area contributed by atoms with Crippen molar-refractivity contribution in [2.24, 2.45) is 0 Å². The number of amides is 2. The number of fused-ring (bicyclic) bond motifs is 1. The van der Waals surface area contributed by atoms with Gasteiger partial charge < -0.3 is 10.6 Å². The summed E-state index contributed by atoms with van der Waals surface area (Å²) < 4.78 is 13.5. The first-order valence-corrected chi connectivity index (χ1v) is 10.3. The molecule has 2 heterocycles. The van der Waals surface area contributed by atoms with Gasteiger partial charge in [-0.1, -0.05) is 24.3 Å². The van der Waals surface area contributed by atoms with E-state index in [1.807, 2.05) is 18.2 Å². The van der Waals surface area contributed by atoms with Gasteiger partial charge in [0.2, 0.25) is 5.82 Å². The standard InChI is InChI=1S/C24H18FN5O4/c25-18-9-8-15(13-22(18)30(33)34)23(31)27-11-12-28-24(32)17-14-21(20-7-3-4-10-26-20)29-19-6-2-1-5-16(17)19/h1-10,13-14H,11-12H2,(H,27,31)(H,28,32). The first-order valence-electron chi connectivity index (χ1n) is 10.3. The lowest BCUT2D eigenvalue weighted by molar-refractivity contribution is -0.387. The summed E-state index contributed by atoms with van der Waals surface area (Å²) in [5.74, 6) is -2.00. The van der Waals surface area contributed by atoms with Gasteiger partial charge in [0, 0.05) is 36.3 Å². The Kier molecular flexibility index (Phi) is 6.49. The number of pyridine rings is 2. The van der Waals surface area contributed by atoms with Crippen LogP contribution in [0.15, 0.2) is 72.9 Å². The minimum atomic E-state index is -1.02. The molecule has 34 heavy (non-hydrogen) atoms. The molecular weight excluding hydrogens is 441 g/mol. The Labute approximate surface area is 192 Å². The van der Waals surface area contributed by atoms with E-state index in [4.69, 9.17) is 0 Å². The number of para-hydroxylation sites is 1. The summed E-state index contributed by atoms with van der Waals surface area (Å²) in [4.78, 5) is 44.0. The second kappa shape index (κ2) is 9.82. The number of nitro benzene ring substituents is 1. The van der Waals surface area contributed by atoms with E-state index in [1.54, 1.807) is 36.5 Å². The molecule has 2 aromatic carbocycles. The van der Waals surface area contributed by atoms with Gasteiger partial charge in [0.05, 0.1) is 27.4 Å². The molecule has 2 amide bonds. The number of benzene rings is 2. The van der Waals surface area contributed by atoms with Crippen molar-refractivity contribution >= 4 is 28.4 Å². The van der Waals surface area contributed by atoms with Crippen LogP contribution >= 0.6 is 0 Å². The summed E-state index contributed by atoms with van der Waals surface area (Å²) in [5.41, 5.74) is 1.39. The van der Waals surface area contributed by atoms with Crippen LogP contribution in [0.25, 0.3) is 22.3 Å². The third-order valence-corrected chi connectivity index (χ3v) is 4.99. The van der Waals surface area contributed by atoms with Gasteiger partial charge in [0.25, 0.3) is 11.8 Å². The predicted octanol–water partition coefficient (Wildman–Crippen LogP) is 3.50. The van der Waals surface area contributed by atoms with Crippen molar-refractivity contribution in [1.29, 1.82) is 0 Å². The van der Waals surface area contributed by atoms with Gasteiger partial charge in [-0.05, 0) is 36.4 Å². The molecule has 0 aliphatic heterocycles. The molecule has 0 spiro atoms. The molecule has 0 fully saturated rings. The van der Waals surface area contributed by atoms with Gasteiger partial charge >= 0.3 is 5.69 Å². The van der Waals surface area contributed by atoms with Crippen LogP contribution in [0.1, 0.15) is 20.7 Å². The highest BCUT2D eigenvalue weighted by Gasteiger charge is 2.18. The van der Waals surface area contributed by atoms with E-state index in [2.05, 4.69) is 20.6 Å². The molecule has 0 aliphatic carbocycles. The second-order valence-corrected chi connectivity index (χ2v) is 7.22. The first-order chi connectivity index (χ1) is 16.4. The highest BCUT2D eigenvalue weighted by Crippen LogP contribution is 2.23. The number of rotatable bonds is 7. The van der Waals surface area contributed by atoms with Crippen LogP contribution < -0.4 is 10.6 Å². The summed E-state index contributed by atoms with van der Waals surface area (Å²) in [6, 6.07) is 17.2. The highest BCUT2D eigenvalue weighted by molar-refractivity contribution is 6.07. The van der Waals surface area contributed by atoms with Crippen molar-refractivity contribution in [2.75, 3.05) is 13.1 Å². The molecular formula is C24H18FN5O4. The smallest absolute Gasteiger partial charge is 0.305 e. The molecule has 4 aromatic rings. The molecule has 0 saturated heterocycles. The number of aromatic nitrogens is 2. The quantitative estimate of drug-likeness (QED) is 0.247. The van der Waals surface area contributed by atoms with Gasteiger partial charge in [0.15, 0.2) is 0 Å². The normalized spacial score (nSPS) is 10.6. The molecule has 0 aliphatic rings. The van der Waals surface area contributed by atoms with Crippen molar-refractivity contribution < 1.29 is 18.9 Å². The van der Waals surface area contributed by atoms with Crippen LogP contribution in [0, 0.1) is 15.9 Å². The molecule has 0 atom stereocenters. The van der Waals surface area contributed by atoms with Gasteiger partial charge in [-0.25, -0.2) is 4.98 Å². The summed E-state index contributed by atoms with van der Waals surface area (Å²) in [7, 11) is 0. The molecule has 0 saturated carbocycles. The van der Waals surface area contributed by atoms with Gasteiger partial charge in [-0.2, -0.15) is 4.39 Å². The average molecular weight is 459 g/mol. The number of halogens is 1. The second-order valence-electron chi connectivity index (χ2n) is 7.22. The lowest BCUT2D eigenvalue weighted by atomic mass is 10.1. The van der Waals surface area contributed by atoms with Crippen LogP contribution in [0.4, 0.5) is 10.1 Å². The fourth-order valence-corrected chi connectivity index (χ4v) is 3.35. The Morgan fingerprint density at radius 3 is 2.38 bits per heavy atom. The summed E-state index contributed by atoms with van der Waals surface area (Å²) in [5, 5.41) is 16.8. The van der Waals surface area contributed by atoms with Gasteiger partial charge in [0.1, 0.15) is 0 Å². The Hall–Kier alpha value is -4.73. The third kappa shape index (κ3) is 4.85. The van der Waals surface area contributed by atoms with Crippen molar-refractivity contribution in [2.45, 2.75) is 0 Å². The Balaban J connectivity index is 1.44. The summed E-state index contributed by atoms with van der Waals surface area (Å²) >= 11 is 0. The van der Waals surface area contributed by atoms with Crippen LogP contribution in [0.2, 0.25) is 0 Å². The monoisotopic (exact) mass is 459 g/mol. The van der Waals surface area contributed by atoms with Crippen molar-refractivity contribution in [1.82, 2.24) is 20.6 Å². The molecule has 0 unspecified atom stereocenters. The van der Waals surface area contributed by atoms with E-state index >= 15 is 0 Å². The topological polar surface area (TPSA) is 127 Å². The van der Waals surface area contributed by atoms with Crippen molar-refractivity contribution in [3.05, 3.63) is 100.0 Å². The van der Waals surface area contributed by atoms with Crippen LogP contribution in [-0.4, -0.2) is 39.8 Å². The van der Waals surface area contributed by atoms with Crippen LogP contribution in [-0.2, 0) is 0 Å². The SMILES string of the molecule is O=C(NCCNC(=O)c1cc(-c2ccccn2)nc2ccccc12)c1ccc(F)c([N+](=O)[O-])c1. The minimum absolute atomic E-state index is 0.0560. The van der Waals surface area contributed by atoms with Crippen molar-refractivity contribution in [3.63, 3.8) is 0 Å². The zero-order valence-electron chi connectivity index (χ0n) is 17.7. The maximum absolute atomic E-state index is 13.5. The largest absolute Gasteiger partial charge is 0.350 e. The van der Waals surface area contributed by atoms with E-state index in [1.165, 1.54) is 0 Å². The maximum Gasteiger partial charge on any atom is 0.305 e. The maximum atomic E-state index is 13.5. The zero-order chi connectivity index (χ0) is 24.1. The lowest BCUT2D eigenvalue weighted by Gasteiger charge is -2.11. The minimum Gasteiger partial charge on any atom is -0.350 e. The number of nitrogens with one attached hydrogen (secondary N) is 2. The predicted molar refractivity (Wildman–Crippen MR) is 123 cm³/mol. The van der Waals surface area contributed by atoms with E-state index in [0.717, 1.165) is 18.2 Å². The molecule has 0 radical (unpaired) electrons. The molecule has 0 bridgehead atoms. The van der Waals surface area contributed by atoms with Crippen molar-refractivity contribution in [3.8, 4) is 11.4 Å². The highest BCUT2D eigenvalue weighted by atomic mass is 19.1. The Bertz CT molecular complexity index is 1400. The number of nitro groups is 1. The van der Waals surface area contributed by atoms with E-state index < -0.39 is 22.3 Å². The lowest BCUT2D eigenvalue weighted by Crippen LogP contribution is -2.34. The van der Waals surface area contributed by atoms with Crippen LogP contribution in [0.3, 0.4) is 0 Å². The first kappa shape index (κ1) is 22.5. The van der Waals surface area contributed by atoms with E-state index in [0.29, 0.717) is 27.9 Å². The Morgan fingerprint density at radius 2 is 1.65 bits per heavy atom. The molecule has 9 nitrogen and oxygen atoms in total. The number of hydrogen-bond acceptors (Lipinski definition) is 6. The fraction of sp³-hybridized carbons (Fsp3) is 0.0833. The van der Waals surface area contributed by atoms with Gasteiger partial charge in [-0.3, -0.25) is 24.7 Å². The van der Waals surface area contributed by atoms with E-state index in [9.17, 15) is 24.1 Å². The van der Waals surface area contributed by atoms with Gasteiger partial charge in [-0.15, -0.1) is 0 Å². The Morgan fingerprint density at radius 1 is 0.912 bits per heavy atom. The average Bonchev–Trinajstić information content (AvgIpc) is 2.86. The molecule has 2 N–H and O–H groups in total. The molecule has 2 aromatic heterocycles. The summed E-state index contributed by atoms with van der Waals surface area (Å²) in [6.07, 6.45) is 1.64. The number of hydrogen-bond donors (Lipinski definition) is 2.